The van der Waals surface area contributed by atoms with Crippen molar-refractivity contribution in [2.24, 2.45) is 0 Å². The molecule has 0 bridgehead atoms. The summed E-state index contributed by atoms with van der Waals surface area (Å²) in [6.45, 7) is 1.69. The van der Waals surface area contributed by atoms with E-state index >= 15 is 0 Å². The Balaban J connectivity index is 3.15. The van der Waals surface area contributed by atoms with Gasteiger partial charge in [-0.15, -0.1) is 0 Å². The van der Waals surface area contributed by atoms with Crippen molar-refractivity contribution < 1.29 is 14.3 Å². The lowest BCUT2D eigenvalue weighted by atomic mass is 10.2. The molecule has 0 aliphatic heterocycles. The number of benzene rings is 1. The summed E-state index contributed by atoms with van der Waals surface area (Å²) in [6.07, 6.45) is 0.911. The van der Waals surface area contributed by atoms with Crippen LogP contribution in [-0.2, 0) is 4.79 Å². The molecule has 0 aliphatic carbocycles. The third-order valence-corrected chi connectivity index (χ3v) is 2.72. The fraction of sp³-hybridized carbons (Fsp3) is 0.200. The van der Waals surface area contributed by atoms with Gasteiger partial charge >= 0.3 is 5.97 Å². The second-order valence-electron chi connectivity index (χ2n) is 2.75. The minimum Gasteiger partial charge on any atom is -0.425 e. The molecular weight excluding hydrogens is 328 g/mol. The van der Waals surface area contributed by atoms with Crippen LogP contribution in [0.25, 0.3) is 0 Å². The van der Waals surface area contributed by atoms with E-state index in [0.29, 0.717) is 16.3 Å². The SMILES string of the molecule is CCC(=O)Oc1c(Br)cc(Br)cc1C=O. The third kappa shape index (κ3) is 3.14. The topological polar surface area (TPSA) is 43.4 Å². The standard InChI is InChI=1S/C10H8Br2O3/c1-2-9(14)15-10-6(5-13)3-7(11)4-8(10)12/h3-5H,2H2,1H3. The van der Waals surface area contributed by atoms with Crippen molar-refractivity contribution in [3.05, 3.63) is 26.6 Å². The van der Waals surface area contributed by atoms with E-state index in [0.717, 1.165) is 4.47 Å². The van der Waals surface area contributed by atoms with Crippen LogP contribution >= 0.6 is 31.9 Å². The Hall–Kier alpha value is -0.680. The van der Waals surface area contributed by atoms with Gasteiger partial charge < -0.3 is 4.74 Å². The summed E-state index contributed by atoms with van der Waals surface area (Å²) < 4.78 is 6.35. The first-order chi connectivity index (χ1) is 7.08. The van der Waals surface area contributed by atoms with Gasteiger partial charge in [0.25, 0.3) is 0 Å². The average molecular weight is 336 g/mol. The molecule has 3 nitrogen and oxygen atoms in total. The Labute approximate surface area is 104 Å². The van der Waals surface area contributed by atoms with E-state index in [1.54, 1.807) is 19.1 Å². The number of esters is 1. The number of carbonyl (C=O) groups is 2. The van der Waals surface area contributed by atoms with Crippen molar-refractivity contribution in [2.45, 2.75) is 13.3 Å². The monoisotopic (exact) mass is 334 g/mol. The molecule has 1 rings (SSSR count). The van der Waals surface area contributed by atoms with Gasteiger partial charge in [-0.05, 0) is 28.1 Å². The van der Waals surface area contributed by atoms with Crippen LogP contribution in [0.15, 0.2) is 21.1 Å². The molecule has 0 aromatic heterocycles. The number of ether oxygens (including phenoxy) is 1. The van der Waals surface area contributed by atoms with Gasteiger partial charge in [-0.1, -0.05) is 22.9 Å². The molecule has 0 saturated carbocycles. The number of halogens is 2. The zero-order chi connectivity index (χ0) is 11.4. The Morgan fingerprint density at radius 2 is 2.13 bits per heavy atom. The fourth-order valence-electron chi connectivity index (χ4n) is 0.961. The molecule has 0 heterocycles. The molecule has 0 aliphatic rings. The van der Waals surface area contributed by atoms with Crippen molar-refractivity contribution in [1.82, 2.24) is 0 Å². The van der Waals surface area contributed by atoms with Crippen LogP contribution in [0.1, 0.15) is 23.7 Å². The molecule has 0 unspecified atom stereocenters. The largest absolute Gasteiger partial charge is 0.425 e. The van der Waals surface area contributed by atoms with Crippen molar-refractivity contribution in [3.8, 4) is 5.75 Å². The highest BCUT2D eigenvalue weighted by Crippen LogP contribution is 2.32. The molecule has 0 amide bonds. The van der Waals surface area contributed by atoms with Crippen LogP contribution in [0.4, 0.5) is 0 Å². The maximum Gasteiger partial charge on any atom is 0.310 e. The molecule has 15 heavy (non-hydrogen) atoms. The summed E-state index contributed by atoms with van der Waals surface area (Å²) >= 11 is 6.47. The second kappa shape index (κ2) is 5.42. The van der Waals surface area contributed by atoms with Gasteiger partial charge in [0.1, 0.15) is 0 Å². The van der Waals surface area contributed by atoms with Gasteiger partial charge in [-0.2, -0.15) is 0 Å². The predicted octanol–water partition coefficient (Wildman–Crippen LogP) is 3.34. The third-order valence-electron chi connectivity index (χ3n) is 1.67. The molecule has 0 fully saturated rings. The number of aldehydes is 1. The summed E-state index contributed by atoms with van der Waals surface area (Å²) in [7, 11) is 0. The van der Waals surface area contributed by atoms with E-state index in [1.807, 2.05) is 0 Å². The quantitative estimate of drug-likeness (QED) is 0.483. The van der Waals surface area contributed by atoms with Gasteiger partial charge in [0, 0.05) is 10.9 Å². The zero-order valence-electron chi connectivity index (χ0n) is 7.92. The maximum absolute atomic E-state index is 11.1. The molecule has 0 N–H and O–H groups in total. The minimum absolute atomic E-state index is 0.264. The molecule has 0 radical (unpaired) electrons. The summed E-state index contributed by atoms with van der Waals surface area (Å²) in [5.74, 6) is -0.110. The smallest absolute Gasteiger partial charge is 0.310 e. The lowest BCUT2D eigenvalue weighted by Crippen LogP contribution is -2.07. The van der Waals surface area contributed by atoms with Gasteiger partial charge in [0.2, 0.25) is 0 Å². The van der Waals surface area contributed by atoms with Gasteiger partial charge in [-0.3, -0.25) is 9.59 Å². The van der Waals surface area contributed by atoms with Crippen molar-refractivity contribution in [1.29, 1.82) is 0 Å². The van der Waals surface area contributed by atoms with Crippen LogP contribution in [-0.4, -0.2) is 12.3 Å². The zero-order valence-corrected chi connectivity index (χ0v) is 11.1. The molecular formula is C10H8Br2O3. The molecule has 1 aromatic rings. The Kier molecular flexibility index (Phi) is 4.47. The first-order valence-electron chi connectivity index (χ1n) is 4.23. The second-order valence-corrected chi connectivity index (χ2v) is 4.52. The first kappa shape index (κ1) is 12.4. The molecule has 5 heteroatoms. The van der Waals surface area contributed by atoms with E-state index in [9.17, 15) is 9.59 Å². The summed E-state index contributed by atoms with van der Waals surface area (Å²) in [4.78, 5) is 21.9. The Morgan fingerprint density at radius 3 is 2.67 bits per heavy atom. The Bertz CT molecular complexity index is 402. The van der Waals surface area contributed by atoms with Crippen LogP contribution < -0.4 is 4.74 Å². The van der Waals surface area contributed by atoms with Crippen LogP contribution in [0.5, 0.6) is 5.75 Å². The number of hydrogen-bond donors (Lipinski definition) is 0. The molecule has 1 aromatic carbocycles. The first-order valence-corrected chi connectivity index (χ1v) is 5.82. The average Bonchev–Trinajstić information content (AvgIpc) is 2.21. The minimum atomic E-state index is -0.374. The fourth-order valence-corrected chi connectivity index (χ4v) is 2.30. The van der Waals surface area contributed by atoms with Crippen LogP contribution in [0.2, 0.25) is 0 Å². The van der Waals surface area contributed by atoms with Crippen LogP contribution in [0, 0.1) is 0 Å². The number of hydrogen-bond acceptors (Lipinski definition) is 3. The van der Waals surface area contributed by atoms with E-state index in [1.165, 1.54) is 0 Å². The number of carbonyl (C=O) groups excluding carboxylic acids is 2. The molecule has 0 atom stereocenters. The summed E-state index contributed by atoms with van der Waals surface area (Å²) in [5.41, 5.74) is 0.332. The van der Waals surface area contributed by atoms with Crippen molar-refractivity contribution in [2.75, 3.05) is 0 Å². The molecule has 0 spiro atoms. The Morgan fingerprint density at radius 1 is 1.47 bits per heavy atom. The lowest BCUT2D eigenvalue weighted by Gasteiger charge is -2.08. The van der Waals surface area contributed by atoms with Gasteiger partial charge in [-0.25, -0.2) is 0 Å². The predicted molar refractivity (Wildman–Crippen MR) is 63.2 cm³/mol. The number of rotatable bonds is 3. The van der Waals surface area contributed by atoms with E-state index in [2.05, 4.69) is 31.9 Å². The highest BCUT2D eigenvalue weighted by Gasteiger charge is 2.12. The summed E-state index contributed by atoms with van der Waals surface area (Å²) in [5, 5.41) is 0. The van der Waals surface area contributed by atoms with Gasteiger partial charge in [0.15, 0.2) is 12.0 Å². The van der Waals surface area contributed by atoms with E-state index < -0.39 is 0 Å². The van der Waals surface area contributed by atoms with E-state index in [-0.39, 0.29) is 18.1 Å². The maximum atomic E-state index is 11.1. The lowest BCUT2D eigenvalue weighted by molar-refractivity contribution is -0.134. The van der Waals surface area contributed by atoms with Crippen molar-refractivity contribution in [3.63, 3.8) is 0 Å². The normalized spacial score (nSPS) is 9.80. The summed E-state index contributed by atoms with van der Waals surface area (Å²) in [6, 6.07) is 3.31. The van der Waals surface area contributed by atoms with Crippen molar-refractivity contribution >= 4 is 44.1 Å². The molecule has 80 valence electrons. The molecule has 0 saturated heterocycles. The highest BCUT2D eigenvalue weighted by molar-refractivity contribution is 9.11. The van der Waals surface area contributed by atoms with E-state index in [4.69, 9.17) is 4.74 Å². The van der Waals surface area contributed by atoms with Gasteiger partial charge in [0.05, 0.1) is 10.0 Å². The van der Waals surface area contributed by atoms with Crippen LogP contribution in [0.3, 0.4) is 0 Å². The highest BCUT2D eigenvalue weighted by atomic mass is 79.9.